The predicted octanol–water partition coefficient (Wildman–Crippen LogP) is 3.54. The molecule has 2 aliphatic carbocycles. The van der Waals surface area contributed by atoms with E-state index in [-0.39, 0.29) is 11.0 Å². The van der Waals surface area contributed by atoms with Crippen LogP contribution in [0.1, 0.15) is 35.1 Å². The Morgan fingerprint density at radius 2 is 1.39 bits per heavy atom. The Morgan fingerprint density at radius 1 is 0.750 bits per heavy atom. The Morgan fingerprint density at radius 3 is 2.07 bits per heavy atom. The van der Waals surface area contributed by atoms with E-state index in [4.69, 9.17) is 0 Å². The number of fused-ring (bicyclic) bond motifs is 5. The second-order valence-electron chi connectivity index (χ2n) is 7.66. The average molecular weight is 413 g/mol. The van der Waals surface area contributed by atoms with Crippen LogP contribution < -0.4 is 0 Å². The minimum atomic E-state index is -2.89. The van der Waals surface area contributed by atoms with Gasteiger partial charge in [-0.2, -0.15) is 0 Å². The molecular weight excluding hydrogens is 392 g/mol. The lowest BCUT2D eigenvalue weighted by atomic mass is 9.87. The number of hydrogen-bond acceptors (Lipinski definition) is 4. The molecule has 4 aliphatic rings. The van der Waals surface area contributed by atoms with E-state index in [1.807, 2.05) is 36.4 Å². The standard InChI is InChI=1S/2C11H10O2S/c2*12-14(13)7-10-9-4-2-1-3-8(9)5-6-11(10)14/h1-4H,5-7H2;1-4,7,11H,5-6H2. The molecule has 0 N–H and O–H groups in total. The van der Waals surface area contributed by atoms with Crippen molar-refractivity contribution in [3.63, 3.8) is 0 Å². The Hall–Kier alpha value is -2.18. The first kappa shape index (κ1) is 17.9. The minimum Gasteiger partial charge on any atom is -0.224 e. The molecule has 4 nitrogen and oxygen atoms in total. The van der Waals surface area contributed by atoms with Crippen LogP contribution in [-0.2, 0) is 32.5 Å². The normalized spacial score (nSPS) is 24.6. The summed E-state index contributed by atoms with van der Waals surface area (Å²) < 4.78 is 45.6. The van der Waals surface area contributed by atoms with E-state index in [0.29, 0.717) is 11.3 Å². The van der Waals surface area contributed by atoms with E-state index in [0.717, 1.165) is 41.5 Å². The number of rotatable bonds is 0. The third-order valence-corrected chi connectivity index (χ3v) is 9.78. The van der Waals surface area contributed by atoms with Crippen molar-refractivity contribution in [2.24, 2.45) is 0 Å². The fourth-order valence-corrected chi connectivity index (χ4v) is 7.77. The lowest BCUT2D eigenvalue weighted by molar-refractivity contribution is 0.587. The molecule has 0 fully saturated rings. The number of benzene rings is 2. The van der Waals surface area contributed by atoms with Gasteiger partial charge in [0.2, 0.25) is 0 Å². The number of sulfone groups is 2. The zero-order chi connectivity index (χ0) is 19.5. The van der Waals surface area contributed by atoms with Gasteiger partial charge in [-0.25, -0.2) is 16.8 Å². The summed E-state index contributed by atoms with van der Waals surface area (Å²) in [5, 5.41) is 1.22. The summed E-state index contributed by atoms with van der Waals surface area (Å²) >= 11 is 0. The van der Waals surface area contributed by atoms with E-state index in [1.165, 1.54) is 16.5 Å². The van der Waals surface area contributed by atoms with Gasteiger partial charge in [-0.05, 0) is 59.1 Å². The van der Waals surface area contributed by atoms with Crippen molar-refractivity contribution in [2.75, 3.05) is 5.75 Å². The SMILES string of the molecule is O=S1(=O)C=C2c3ccccc3CCC21.O=S1(=O)CC2=C1CCc1ccccc12. The van der Waals surface area contributed by atoms with Crippen LogP contribution in [-0.4, -0.2) is 27.8 Å². The molecule has 0 bridgehead atoms. The predicted molar refractivity (Wildman–Crippen MR) is 111 cm³/mol. The lowest BCUT2D eigenvalue weighted by Crippen LogP contribution is -2.33. The number of allylic oxidation sites excluding steroid dienone is 1. The molecule has 2 heterocycles. The van der Waals surface area contributed by atoms with Gasteiger partial charge < -0.3 is 0 Å². The van der Waals surface area contributed by atoms with Crippen molar-refractivity contribution in [2.45, 2.75) is 30.9 Å². The highest BCUT2D eigenvalue weighted by Crippen LogP contribution is 2.43. The molecular formula is C22H20O4S2. The second kappa shape index (κ2) is 6.16. The van der Waals surface area contributed by atoms with Gasteiger partial charge in [0, 0.05) is 10.3 Å². The highest BCUT2D eigenvalue weighted by molar-refractivity contribution is 7.97. The van der Waals surface area contributed by atoms with Crippen LogP contribution in [0.5, 0.6) is 0 Å². The van der Waals surface area contributed by atoms with Crippen LogP contribution in [0.25, 0.3) is 11.1 Å². The van der Waals surface area contributed by atoms with Crippen molar-refractivity contribution < 1.29 is 16.8 Å². The Balaban J connectivity index is 0.000000122. The van der Waals surface area contributed by atoms with Gasteiger partial charge in [0.15, 0.2) is 19.7 Å². The smallest absolute Gasteiger partial charge is 0.179 e. The zero-order valence-corrected chi connectivity index (χ0v) is 16.9. The summed E-state index contributed by atoms with van der Waals surface area (Å²) in [7, 11) is -5.73. The van der Waals surface area contributed by atoms with Gasteiger partial charge in [0.05, 0.1) is 11.0 Å². The van der Waals surface area contributed by atoms with Crippen LogP contribution in [0, 0.1) is 0 Å². The van der Waals surface area contributed by atoms with Crippen LogP contribution >= 0.6 is 0 Å². The van der Waals surface area contributed by atoms with Crippen molar-refractivity contribution in [1.29, 1.82) is 0 Å². The maximum absolute atomic E-state index is 11.4. The topological polar surface area (TPSA) is 68.3 Å². The Labute approximate surface area is 165 Å². The van der Waals surface area contributed by atoms with E-state index in [1.54, 1.807) is 0 Å². The summed E-state index contributed by atoms with van der Waals surface area (Å²) in [5.74, 6) is 0.249. The van der Waals surface area contributed by atoms with Gasteiger partial charge in [-0.3, -0.25) is 0 Å². The highest BCUT2D eigenvalue weighted by atomic mass is 32.2. The Kier molecular flexibility index (Phi) is 3.93. The molecule has 1 atom stereocenters. The average Bonchev–Trinajstić information content (AvgIpc) is 2.67. The summed E-state index contributed by atoms with van der Waals surface area (Å²) in [5.41, 5.74) is 6.95. The molecule has 1 unspecified atom stereocenters. The van der Waals surface area contributed by atoms with Crippen LogP contribution in [0.2, 0.25) is 0 Å². The van der Waals surface area contributed by atoms with E-state index >= 15 is 0 Å². The first-order chi connectivity index (χ1) is 13.4. The van der Waals surface area contributed by atoms with Crippen molar-refractivity contribution in [3.05, 3.63) is 81.1 Å². The van der Waals surface area contributed by atoms with Crippen molar-refractivity contribution >= 4 is 30.8 Å². The molecule has 0 saturated carbocycles. The summed E-state index contributed by atoms with van der Waals surface area (Å²) in [4.78, 5) is 0.691. The molecule has 28 heavy (non-hydrogen) atoms. The zero-order valence-electron chi connectivity index (χ0n) is 15.3. The molecule has 0 spiro atoms. The molecule has 144 valence electrons. The van der Waals surface area contributed by atoms with Crippen LogP contribution in [0.4, 0.5) is 0 Å². The maximum atomic E-state index is 11.4. The summed E-state index contributed by atoms with van der Waals surface area (Å²) in [6.07, 6.45) is 3.21. The second-order valence-corrected chi connectivity index (χ2v) is 11.7. The van der Waals surface area contributed by atoms with Gasteiger partial charge in [-0.1, -0.05) is 48.5 Å². The first-order valence-electron chi connectivity index (χ1n) is 9.44. The van der Waals surface area contributed by atoms with Gasteiger partial charge >= 0.3 is 0 Å². The molecule has 0 aromatic heterocycles. The largest absolute Gasteiger partial charge is 0.224 e. The number of aryl methyl sites for hydroxylation is 2. The molecule has 6 heteroatoms. The minimum absolute atomic E-state index is 0.211. The number of hydrogen-bond donors (Lipinski definition) is 0. The fourth-order valence-electron chi connectivity index (χ4n) is 4.58. The highest BCUT2D eigenvalue weighted by Gasteiger charge is 2.40. The van der Waals surface area contributed by atoms with E-state index in [2.05, 4.69) is 12.1 Å². The molecule has 2 aliphatic heterocycles. The third-order valence-electron chi connectivity index (χ3n) is 6.05. The summed E-state index contributed by atoms with van der Waals surface area (Å²) in [6.45, 7) is 0. The van der Waals surface area contributed by atoms with Crippen LogP contribution in [0.3, 0.4) is 0 Å². The van der Waals surface area contributed by atoms with Crippen LogP contribution in [0.15, 0.2) is 58.8 Å². The van der Waals surface area contributed by atoms with Crippen molar-refractivity contribution in [3.8, 4) is 0 Å². The van der Waals surface area contributed by atoms with Gasteiger partial charge in [-0.15, -0.1) is 0 Å². The fraction of sp³-hybridized carbons (Fsp3) is 0.273. The maximum Gasteiger partial charge on any atom is 0.179 e. The van der Waals surface area contributed by atoms with Gasteiger partial charge in [0.25, 0.3) is 0 Å². The molecule has 2 aromatic carbocycles. The monoisotopic (exact) mass is 412 g/mol. The quantitative estimate of drug-likeness (QED) is 0.664. The first-order valence-corrected chi connectivity index (χ1v) is 12.7. The summed E-state index contributed by atoms with van der Waals surface area (Å²) in [6, 6.07) is 16.2. The van der Waals surface area contributed by atoms with E-state index in [9.17, 15) is 16.8 Å². The molecule has 0 saturated heterocycles. The molecule has 0 amide bonds. The van der Waals surface area contributed by atoms with E-state index < -0.39 is 19.7 Å². The molecule has 2 aromatic rings. The molecule has 0 radical (unpaired) electrons. The van der Waals surface area contributed by atoms with Gasteiger partial charge in [0.1, 0.15) is 0 Å². The Bertz CT molecular complexity index is 1250. The third kappa shape index (κ3) is 2.70. The lowest BCUT2D eigenvalue weighted by Gasteiger charge is -2.32. The molecule has 6 rings (SSSR count). The van der Waals surface area contributed by atoms with Crippen molar-refractivity contribution in [1.82, 2.24) is 0 Å².